The third-order valence-corrected chi connectivity index (χ3v) is 3.83. The quantitative estimate of drug-likeness (QED) is 0.760. The van der Waals surface area contributed by atoms with Crippen molar-refractivity contribution in [3.63, 3.8) is 0 Å². The minimum Gasteiger partial charge on any atom is -0.497 e. The van der Waals surface area contributed by atoms with Gasteiger partial charge in [-0.25, -0.2) is 4.98 Å². The lowest BCUT2D eigenvalue weighted by Gasteiger charge is -2.02. The van der Waals surface area contributed by atoms with Gasteiger partial charge in [0.05, 0.1) is 18.1 Å². The first-order valence-electron chi connectivity index (χ1n) is 6.40. The second kappa shape index (κ2) is 6.23. The zero-order valence-electron chi connectivity index (χ0n) is 11.5. The zero-order valence-corrected chi connectivity index (χ0v) is 12.4. The van der Waals surface area contributed by atoms with Gasteiger partial charge in [0, 0.05) is 11.0 Å². The molecule has 7 heteroatoms. The van der Waals surface area contributed by atoms with Gasteiger partial charge in [-0.15, -0.1) is 0 Å². The number of hydrogen-bond donors (Lipinski definition) is 1. The lowest BCUT2D eigenvalue weighted by Crippen LogP contribution is -2.01. The molecule has 0 saturated carbocycles. The van der Waals surface area contributed by atoms with E-state index in [1.54, 1.807) is 13.2 Å². The van der Waals surface area contributed by atoms with Crippen LogP contribution in [0.25, 0.3) is 11.0 Å². The highest BCUT2D eigenvalue weighted by molar-refractivity contribution is 7.99. The average Bonchev–Trinajstić information content (AvgIpc) is 2.89. The van der Waals surface area contributed by atoms with E-state index in [0.717, 1.165) is 10.6 Å². The molecule has 3 rings (SSSR count). The summed E-state index contributed by atoms with van der Waals surface area (Å²) in [6.45, 7) is -2.84. The summed E-state index contributed by atoms with van der Waals surface area (Å²) in [7, 11) is 1.61. The number of alkyl halides is 2. The number of halogens is 2. The minimum absolute atomic E-state index is 0.104. The van der Waals surface area contributed by atoms with E-state index in [4.69, 9.17) is 4.74 Å². The van der Waals surface area contributed by atoms with E-state index >= 15 is 0 Å². The molecule has 0 aliphatic carbocycles. The fourth-order valence-electron chi connectivity index (χ4n) is 1.95. The van der Waals surface area contributed by atoms with Crippen LogP contribution < -0.4 is 9.47 Å². The smallest absolute Gasteiger partial charge is 0.387 e. The maximum absolute atomic E-state index is 12.2. The Morgan fingerprint density at radius 1 is 1.09 bits per heavy atom. The van der Waals surface area contributed by atoms with Crippen LogP contribution in [-0.2, 0) is 0 Å². The van der Waals surface area contributed by atoms with Crippen LogP contribution in [0.5, 0.6) is 11.5 Å². The molecule has 3 aromatic rings. The van der Waals surface area contributed by atoms with Gasteiger partial charge in [-0.1, -0.05) is 11.8 Å². The van der Waals surface area contributed by atoms with E-state index in [1.165, 1.54) is 23.9 Å². The molecule has 0 atom stereocenters. The van der Waals surface area contributed by atoms with E-state index in [2.05, 4.69) is 14.7 Å². The molecule has 114 valence electrons. The summed E-state index contributed by atoms with van der Waals surface area (Å²) in [4.78, 5) is 8.48. The minimum atomic E-state index is -2.84. The number of aromatic nitrogens is 2. The predicted octanol–water partition coefficient (Wildman–Crippen LogP) is 4.32. The third-order valence-electron chi connectivity index (χ3n) is 2.93. The predicted molar refractivity (Wildman–Crippen MR) is 79.8 cm³/mol. The molecule has 2 aromatic carbocycles. The summed E-state index contributed by atoms with van der Waals surface area (Å²) >= 11 is 1.44. The molecule has 0 aliphatic rings. The van der Waals surface area contributed by atoms with Gasteiger partial charge in [-0.2, -0.15) is 8.78 Å². The van der Waals surface area contributed by atoms with Crippen molar-refractivity contribution < 1.29 is 18.3 Å². The van der Waals surface area contributed by atoms with Crippen LogP contribution in [0.4, 0.5) is 8.78 Å². The van der Waals surface area contributed by atoms with Crippen molar-refractivity contribution in [2.45, 2.75) is 16.7 Å². The van der Waals surface area contributed by atoms with Crippen LogP contribution >= 0.6 is 11.8 Å². The van der Waals surface area contributed by atoms with E-state index in [0.29, 0.717) is 16.2 Å². The van der Waals surface area contributed by atoms with Crippen molar-refractivity contribution in [1.29, 1.82) is 0 Å². The monoisotopic (exact) mass is 322 g/mol. The van der Waals surface area contributed by atoms with Crippen LogP contribution in [0.15, 0.2) is 52.5 Å². The van der Waals surface area contributed by atoms with Crippen molar-refractivity contribution >= 4 is 22.8 Å². The van der Waals surface area contributed by atoms with Crippen LogP contribution in [0.3, 0.4) is 0 Å². The number of nitrogens with one attached hydrogen (secondary N) is 1. The van der Waals surface area contributed by atoms with Crippen LogP contribution in [-0.4, -0.2) is 23.7 Å². The number of methoxy groups -OCH3 is 1. The average molecular weight is 322 g/mol. The Labute approximate surface area is 129 Å². The molecular weight excluding hydrogens is 310 g/mol. The Morgan fingerprint density at radius 2 is 1.82 bits per heavy atom. The highest BCUT2D eigenvalue weighted by atomic mass is 32.2. The summed E-state index contributed by atoms with van der Waals surface area (Å²) in [6.07, 6.45) is 0. The first kappa shape index (κ1) is 14.6. The van der Waals surface area contributed by atoms with Gasteiger partial charge in [0.2, 0.25) is 0 Å². The number of fused-ring (bicyclic) bond motifs is 1. The van der Waals surface area contributed by atoms with Crippen molar-refractivity contribution in [3.8, 4) is 11.5 Å². The molecule has 0 unspecified atom stereocenters. The Kier molecular flexibility index (Phi) is 4.15. The molecule has 1 aromatic heterocycles. The third kappa shape index (κ3) is 3.30. The normalized spacial score (nSPS) is 11.1. The Balaban J connectivity index is 1.81. The Hall–Kier alpha value is -2.28. The van der Waals surface area contributed by atoms with Crippen molar-refractivity contribution in [1.82, 2.24) is 9.97 Å². The molecule has 0 bridgehead atoms. The number of H-pyrrole nitrogens is 1. The summed E-state index contributed by atoms with van der Waals surface area (Å²) in [5.41, 5.74) is 1.34. The van der Waals surface area contributed by atoms with Gasteiger partial charge < -0.3 is 14.5 Å². The van der Waals surface area contributed by atoms with Crippen molar-refractivity contribution in [2.24, 2.45) is 0 Å². The Bertz CT molecular complexity index is 775. The molecule has 4 nitrogen and oxygen atoms in total. The van der Waals surface area contributed by atoms with Gasteiger partial charge in [-0.05, 0) is 36.4 Å². The molecule has 0 amide bonds. The van der Waals surface area contributed by atoms with Gasteiger partial charge in [0.1, 0.15) is 11.5 Å². The molecule has 0 spiro atoms. The highest BCUT2D eigenvalue weighted by Crippen LogP contribution is 2.29. The lowest BCUT2D eigenvalue weighted by molar-refractivity contribution is -0.0497. The van der Waals surface area contributed by atoms with Gasteiger partial charge in [0.15, 0.2) is 5.16 Å². The van der Waals surface area contributed by atoms with Crippen LogP contribution in [0.1, 0.15) is 0 Å². The fraction of sp³-hybridized carbons (Fsp3) is 0.133. The molecule has 0 aliphatic heterocycles. The van der Waals surface area contributed by atoms with Crippen molar-refractivity contribution in [3.05, 3.63) is 42.5 Å². The Morgan fingerprint density at radius 3 is 2.50 bits per heavy atom. The van der Waals surface area contributed by atoms with E-state index in [1.807, 2.05) is 24.3 Å². The summed E-state index contributed by atoms with van der Waals surface area (Å²) < 4.78 is 33.9. The van der Waals surface area contributed by atoms with Crippen LogP contribution in [0, 0.1) is 0 Å². The second-order valence-electron chi connectivity index (χ2n) is 4.38. The number of benzene rings is 2. The summed E-state index contributed by atoms with van der Waals surface area (Å²) in [5, 5.41) is 0.675. The molecule has 1 heterocycles. The highest BCUT2D eigenvalue weighted by Gasteiger charge is 2.09. The van der Waals surface area contributed by atoms with E-state index < -0.39 is 6.61 Å². The van der Waals surface area contributed by atoms with Crippen LogP contribution in [0.2, 0.25) is 0 Å². The van der Waals surface area contributed by atoms with E-state index in [-0.39, 0.29) is 5.75 Å². The van der Waals surface area contributed by atoms with Gasteiger partial charge in [0.25, 0.3) is 0 Å². The maximum Gasteiger partial charge on any atom is 0.387 e. The molecule has 0 radical (unpaired) electrons. The van der Waals surface area contributed by atoms with Gasteiger partial charge in [-0.3, -0.25) is 0 Å². The van der Waals surface area contributed by atoms with E-state index in [9.17, 15) is 8.78 Å². The van der Waals surface area contributed by atoms with Gasteiger partial charge >= 0.3 is 6.61 Å². The topological polar surface area (TPSA) is 47.1 Å². The number of imidazole rings is 1. The fourth-order valence-corrected chi connectivity index (χ4v) is 2.75. The zero-order chi connectivity index (χ0) is 15.5. The summed E-state index contributed by atoms with van der Waals surface area (Å²) in [5.74, 6) is 0.884. The lowest BCUT2D eigenvalue weighted by atomic mass is 10.3. The number of ether oxygens (including phenoxy) is 2. The molecule has 22 heavy (non-hydrogen) atoms. The first-order chi connectivity index (χ1) is 10.6. The molecular formula is C15H12F2N2O2S. The first-order valence-corrected chi connectivity index (χ1v) is 7.22. The molecule has 0 saturated heterocycles. The SMILES string of the molecule is COc1ccc(Sc2nc3ccc(OC(F)F)cc3[nH]2)cc1. The molecule has 0 fully saturated rings. The molecule has 1 N–H and O–H groups in total. The number of rotatable bonds is 5. The largest absolute Gasteiger partial charge is 0.497 e. The number of aromatic amines is 1. The number of hydrogen-bond acceptors (Lipinski definition) is 4. The maximum atomic E-state index is 12.2. The second-order valence-corrected chi connectivity index (χ2v) is 5.44. The summed E-state index contributed by atoms with van der Waals surface area (Å²) in [6, 6.07) is 12.2. The number of nitrogens with zero attached hydrogens (tertiary/aromatic N) is 1. The standard InChI is InChI=1S/C15H12F2N2O2S/c1-20-9-2-5-11(6-3-9)22-15-18-12-7-4-10(21-14(16)17)8-13(12)19-15/h2-8,14H,1H3,(H,18,19). The van der Waals surface area contributed by atoms with Crippen molar-refractivity contribution in [2.75, 3.05) is 7.11 Å².